The van der Waals surface area contributed by atoms with Gasteiger partial charge in [0.1, 0.15) is 0 Å². The Balaban J connectivity index is 2.51. The smallest absolute Gasteiger partial charge is 0.0146 e. The van der Waals surface area contributed by atoms with Crippen LogP contribution in [0.1, 0.15) is 22.3 Å². The molecule has 0 amide bonds. The van der Waals surface area contributed by atoms with Crippen LogP contribution >= 0.6 is 0 Å². The van der Waals surface area contributed by atoms with E-state index < -0.39 is 0 Å². The minimum Gasteiger partial charge on any atom is -0.0584 e. The molecule has 0 atom stereocenters. The van der Waals surface area contributed by atoms with E-state index in [0.29, 0.717) is 0 Å². The highest BCUT2D eigenvalue weighted by Crippen LogP contribution is 2.29. The molecule has 0 aromatic heterocycles. The fourth-order valence-corrected chi connectivity index (χ4v) is 2.66. The Morgan fingerprint density at radius 3 is 1.28 bits per heavy atom. The Morgan fingerprint density at radius 2 is 0.889 bits per heavy atom. The maximum Gasteiger partial charge on any atom is -0.0146 e. The third-order valence-corrected chi connectivity index (χ3v) is 4.02. The second-order valence-corrected chi connectivity index (χ2v) is 5.38. The number of rotatable bonds is 0. The fraction of sp³-hybridized carbons (Fsp3) is 0.222. The van der Waals surface area contributed by atoms with Crippen molar-refractivity contribution >= 4 is 21.5 Å². The minimum atomic E-state index is 1.35. The van der Waals surface area contributed by atoms with E-state index in [2.05, 4.69) is 64.1 Å². The number of hydrogen-bond acceptors (Lipinski definition) is 0. The molecule has 90 valence electrons. The highest BCUT2D eigenvalue weighted by Gasteiger charge is 2.04. The van der Waals surface area contributed by atoms with Crippen molar-refractivity contribution < 1.29 is 0 Å². The summed E-state index contributed by atoms with van der Waals surface area (Å²) >= 11 is 0. The SMILES string of the molecule is Cc1cc2cc3c(C)ccc(C)c3cc2cc1C. The van der Waals surface area contributed by atoms with E-state index in [9.17, 15) is 0 Å². The van der Waals surface area contributed by atoms with E-state index >= 15 is 0 Å². The Morgan fingerprint density at radius 1 is 0.500 bits per heavy atom. The number of aryl methyl sites for hydroxylation is 4. The Hall–Kier alpha value is -1.82. The third kappa shape index (κ3) is 1.60. The third-order valence-electron chi connectivity index (χ3n) is 4.02. The van der Waals surface area contributed by atoms with Gasteiger partial charge in [0.15, 0.2) is 0 Å². The highest BCUT2D eigenvalue weighted by molar-refractivity contribution is 6.01. The van der Waals surface area contributed by atoms with E-state index in [-0.39, 0.29) is 0 Å². The van der Waals surface area contributed by atoms with Gasteiger partial charge in [-0.05, 0) is 83.6 Å². The van der Waals surface area contributed by atoms with Gasteiger partial charge in [-0.25, -0.2) is 0 Å². The van der Waals surface area contributed by atoms with Gasteiger partial charge in [-0.2, -0.15) is 0 Å². The number of fused-ring (bicyclic) bond motifs is 2. The first-order valence-electron chi connectivity index (χ1n) is 6.47. The molecule has 0 nitrogen and oxygen atoms in total. The largest absolute Gasteiger partial charge is 0.0584 e. The van der Waals surface area contributed by atoms with Crippen LogP contribution in [0.2, 0.25) is 0 Å². The van der Waals surface area contributed by atoms with Crippen molar-refractivity contribution in [3.8, 4) is 0 Å². The van der Waals surface area contributed by atoms with Gasteiger partial charge in [0.25, 0.3) is 0 Å². The molecule has 0 bridgehead atoms. The lowest BCUT2D eigenvalue weighted by Crippen LogP contribution is -1.86. The molecule has 0 heteroatoms. The molecule has 0 aliphatic carbocycles. The van der Waals surface area contributed by atoms with Gasteiger partial charge in [-0.3, -0.25) is 0 Å². The van der Waals surface area contributed by atoms with Gasteiger partial charge in [-0.15, -0.1) is 0 Å². The molecule has 3 aromatic carbocycles. The second kappa shape index (κ2) is 3.84. The predicted molar refractivity (Wildman–Crippen MR) is 80.4 cm³/mol. The van der Waals surface area contributed by atoms with Crippen LogP contribution in [0.15, 0.2) is 36.4 Å². The zero-order chi connectivity index (χ0) is 12.9. The van der Waals surface area contributed by atoms with E-state index in [4.69, 9.17) is 0 Å². The molecule has 0 aliphatic rings. The molecule has 0 N–H and O–H groups in total. The molecule has 0 saturated heterocycles. The molecule has 18 heavy (non-hydrogen) atoms. The topological polar surface area (TPSA) is 0 Å². The van der Waals surface area contributed by atoms with Crippen LogP contribution in [-0.4, -0.2) is 0 Å². The molecule has 0 aliphatic heterocycles. The van der Waals surface area contributed by atoms with Crippen molar-refractivity contribution in [1.29, 1.82) is 0 Å². The molecular weight excluding hydrogens is 216 g/mol. The van der Waals surface area contributed by atoms with Gasteiger partial charge >= 0.3 is 0 Å². The molecule has 3 aromatic rings. The van der Waals surface area contributed by atoms with E-state index in [0.717, 1.165) is 0 Å². The molecule has 0 fully saturated rings. The monoisotopic (exact) mass is 234 g/mol. The number of hydrogen-bond donors (Lipinski definition) is 0. The summed E-state index contributed by atoms with van der Waals surface area (Å²) in [6.45, 7) is 8.74. The lowest BCUT2D eigenvalue weighted by molar-refractivity contribution is 1.37. The normalized spacial score (nSPS) is 11.3. The van der Waals surface area contributed by atoms with Gasteiger partial charge in [0.2, 0.25) is 0 Å². The van der Waals surface area contributed by atoms with Gasteiger partial charge in [0.05, 0.1) is 0 Å². The van der Waals surface area contributed by atoms with Crippen LogP contribution in [0, 0.1) is 27.7 Å². The zero-order valence-electron chi connectivity index (χ0n) is 11.5. The fourth-order valence-electron chi connectivity index (χ4n) is 2.66. The van der Waals surface area contributed by atoms with Crippen molar-refractivity contribution in [2.75, 3.05) is 0 Å². The summed E-state index contributed by atoms with van der Waals surface area (Å²) in [5.74, 6) is 0. The van der Waals surface area contributed by atoms with Gasteiger partial charge in [-0.1, -0.05) is 24.3 Å². The summed E-state index contributed by atoms with van der Waals surface area (Å²) in [6, 6.07) is 13.7. The lowest BCUT2D eigenvalue weighted by Gasteiger charge is -2.10. The maximum absolute atomic E-state index is 2.33. The first-order valence-corrected chi connectivity index (χ1v) is 6.47. The Bertz CT molecular complexity index is 698. The van der Waals surface area contributed by atoms with Crippen molar-refractivity contribution in [2.24, 2.45) is 0 Å². The Kier molecular flexibility index (Phi) is 2.41. The van der Waals surface area contributed by atoms with Crippen LogP contribution in [0.25, 0.3) is 21.5 Å². The van der Waals surface area contributed by atoms with E-state index in [1.165, 1.54) is 43.8 Å². The molecule has 3 rings (SSSR count). The van der Waals surface area contributed by atoms with Crippen molar-refractivity contribution in [1.82, 2.24) is 0 Å². The van der Waals surface area contributed by atoms with Crippen molar-refractivity contribution in [2.45, 2.75) is 27.7 Å². The average Bonchev–Trinajstić information content (AvgIpc) is 2.34. The Labute approximate surface area is 108 Å². The van der Waals surface area contributed by atoms with Crippen LogP contribution in [0.4, 0.5) is 0 Å². The first kappa shape index (κ1) is 11.3. The summed E-state index contributed by atoms with van der Waals surface area (Å²) in [5.41, 5.74) is 5.45. The van der Waals surface area contributed by atoms with Crippen LogP contribution < -0.4 is 0 Å². The zero-order valence-corrected chi connectivity index (χ0v) is 11.5. The summed E-state index contributed by atoms with van der Waals surface area (Å²) in [6.07, 6.45) is 0. The minimum absolute atomic E-state index is 1.35. The molecular formula is C18H18. The summed E-state index contributed by atoms with van der Waals surface area (Å²) in [5, 5.41) is 5.45. The van der Waals surface area contributed by atoms with E-state index in [1.54, 1.807) is 0 Å². The predicted octanol–water partition coefficient (Wildman–Crippen LogP) is 5.23. The standard InChI is InChI=1S/C18H18/c1-11-5-6-12(2)18-10-16-8-14(4)13(3)7-15(16)9-17(11)18/h5-10H,1-4H3. The summed E-state index contributed by atoms with van der Waals surface area (Å²) < 4.78 is 0. The molecule has 0 heterocycles. The van der Waals surface area contributed by atoms with Crippen LogP contribution in [0.3, 0.4) is 0 Å². The van der Waals surface area contributed by atoms with E-state index in [1.807, 2.05) is 0 Å². The quantitative estimate of drug-likeness (QED) is 0.467. The van der Waals surface area contributed by atoms with Crippen LogP contribution in [0.5, 0.6) is 0 Å². The van der Waals surface area contributed by atoms with Gasteiger partial charge in [0, 0.05) is 0 Å². The summed E-state index contributed by atoms with van der Waals surface area (Å²) in [4.78, 5) is 0. The second-order valence-electron chi connectivity index (χ2n) is 5.38. The van der Waals surface area contributed by atoms with Crippen molar-refractivity contribution in [3.63, 3.8) is 0 Å². The lowest BCUT2D eigenvalue weighted by atomic mass is 9.95. The molecule has 0 saturated carbocycles. The highest BCUT2D eigenvalue weighted by atomic mass is 14.1. The van der Waals surface area contributed by atoms with Gasteiger partial charge < -0.3 is 0 Å². The molecule has 0 spiro atoms. The first-order chi connectivity index (χ1) is 8.56. The summed E-state index contributed by atoms with van der Waals surface area (Å²) in [7, 11) is 0. The molecule has 0 unspecified atom stereocenters. The number of benzene rings is 3. The van der Waals surface area contributed by atoms with Crippen LogP contribution in [-0.2, 0) is 0 Å². The van der Waals surface area contributed by atoms with Crippen molar-refractivity contribution in [3.05, 3.63) is 58.7 Å². The molecule has 0 radical (unpaired) electrons. The maximum atomic E-state index is 2.33. The average molecular weight is 234 g/mol.